The first kappa shape index (κ1) is 17.7. The first-order valence-electron chi connectivity index (χ1n) is 6.54. The molecule has 1 amide bonds. The fourth-order valence-electron chi connectivity index (χ4n) is 1.75. The lowest BCUT2D eigenvalue weighted by molar-refractivity contribution is -0.116. The Morgan fingerprint density at radius 3 is 2.78 bits per heavy atom. The van der Waals surface area contributed by atoms with Gasteiger partial charge in [0, 0.05) is 11.6 Å². The molecule has 0 atom stereocenters. The second-order valence-corrected chi connectivity index (χ2v) is 6.13. The van der Waals surface area contributed by atoms with E-state index < -0.39 is 0 Å². The molecule has 0 spiro atoms. The fraction of sp³-hybridized carbons (Fsp3) is 0.0625. The summed E-state index contributed by atoms with van der Waals surface area (Å²) in [5.74, 6) is 4.91. The summed E-state index contributed by atoms with van der Waals surface area (Å²) < 4.78 is 19.6. The quantitative estimate of drug-likeness (QED) is 0.242. The lowest BCUT2D eigenvalue weighted by Gasteiger charge is -2.10. The van der Waals surface area contributed by atoms with Crippen molar-refractivity contribution >= 4 is 46.2 Å². The molecule has 4 nitrogen and oxygen atoms in total. The molecule has 7 heteroatoms. The highest BCUT2D eigenvalue weighted by atomic mass is 127. The molecule has 2 rings (SSSR count). The number of amides is 1. The van der Waals surface area contributed by atoms with Crippen LogP contribution >= 0.6 is 34.2 Å². The Labute approximate surface area is 151 Å². The number of hydrazine groups is 1. The average molecular weight is 447 g/mol. The summed E-state index contributed by atoms with van der Waals surface area (Å²) in [6.45, 7) is 0.236. The van der Waals surface area contributed by atoms with E-state index in [2.05, 4.69) is 22.6 Å². The van der Waals surface area contributed by atoms with Crippen LogP contribution in [0.5, 0.6) is 5.75 Å². The maximum Gasteiger partial charge on any atom is 0.257 e. The van der Waals surface area contributed by atoms with Gasteiger partial charge in [0.25, 0.3) is 5.91 Å². The number of halogens is 3. The molecule has 23 heavy (non-hydrogen) atoms. The monoisotopic (exact) mass is 446 g/mol. The summed E-state index contributed by atoms with van der Waals surface area (Å²) in [6, 6.07) is 9.65. The van der Waals surface area contributed by atoms with E-state index >= 15 is 0 Å². The third-order valence-electron chi connectivity index (χ3n) is 2.92. The molecule has 0 aliphatic carbocycles. The van der Waals surface area contributed by atoms with E-state index in [9.17, 15) is 9.18 Å². The van der Waals surface area contributed by atoms with Gasteiger partial charge in [-0.05, 0) is 58.5 Å². The van der Waals surface area contributed by atoms with Gasteiger partial charge in [0.15, 0.2) is 0 Å². The zero-order chi connectivity index (χ0) is 16.8. The van der Waals surface area contributed by atoms with Gasteiger partial charge in [0.05, 0.1) is 8.59 Å². The third kappa shape index (κ3) is 5.19. The summed E-state index contributed by atoms with van der Waals surface area (Å²) in [6.07, 6.45) is 2.98. The minimum Gasteiger partial charge on any atom is -0.488 e. The number of benzene rings is 2. The Hall–Kier alpha value is -1.64. The smallest absolute Gasteiger partial charge is 0.257 e. The molecule has 0 saturated carbocycles. The van der Waals surface area contributed by atoms with Crippen molar-refractivity contribution < 1.29 is 13.9 Å². The normalized spacial score (nSPS) is 10.8. The molecule has 3 N–H and O–H groups in total. The van der Waals surface area contributed by atoms with Crippen LogP contribution in [0.15, 0.2) is 42.5 Å². The van der Waals surface area contributed by atoms with Crippen LogP contribution in [0.4, 0.5) is 4.39 Å². The Morgan fingerprint density at radius 1 is 1.35 bits per heavy atom. The number of hydrogen-bond donors (Lipinski definition) is 2. The fourth-order valence-corrected chi connectivity index (χ4v) is 2.67. The van der Waals surface area contributed by atoms with Crippen LogP contribution in [0.25, 0.3) is 6.08 Å². The maximum atomic E-state index is 13.0. The van der Waals surface area contributed by atoms with Crippen molar-refractivity contribution in [2.45, 2.75) is 6.61 Å². The number of carbonyl (C=O) groups is 1. The van der Waals surface area contributed by atoms with E-state index in [1.807, 2.05) is 17.6 Å². The van der Waals surface area contributed by atoms with Crippen LogP contribution in [0.2, 0.25) is 5.02 Å². The third-order valence-corrected chi connectivity index (χ3v) is 4.12. The minimum atomic E-state index is -0.383. The van der Waals surface area contributed by atoms with Gasteiger partial charge < -0.3 is 4.74 Å². The highest BCUT2D eigenvalue weighted by molar-refractivity contribution is 14.1. The molecule has 0 unspecified atom stereocenters. The zero-order valence-electron chi connectivity index (χ0n) is 11.9. The summed E-state index contributed by atoms with van der Waals surface area (Å²) >= 11 is 8.10. The largest absolute Gasteiger partial charge is 0.488 e. The van der Waals surface area contributed by atoms with Gasteiger partial charge in [0.1, 0.15) is 18.2 Å². The molecular formula is C16H13ClFIN2O2. The lowest BCUT2D eigenvalue weighted by Crippen LogP contribution is -2.27. The summed E-state index contributed by atoms with van der Waals surface area (Å²) in [5, 5.41) is 0.326. The first-order valence-corrected chi connectivity index (χ1v) is 8.00. The maximum absolute atomic E-state index is 13.0. The van der Waals surface area contributed by atoms with Crippen molar-refractivity contribution in [3.63, 3.8) is 0 Å². The van der Waals surface area contributed by atoms with E-state index in [1.54, 1.807) is 18.2 Å². The highest BCUT2D eigenvalue weighted by Crippen LogP contribution is 2.25. The number of carbonyl (C=O) groups excluding carboxylic acids is 1. The molecule has 0 aliphatic rings. The summed E-state index contributed by atoms with van der Waals surface area (Å²) in [5.41, 5.74) is 3.56. The Morgan fingerprint density at radius 2 is 2.13 bits per heavy atom. The Bertz CT molecular complexity index is 753. The van der Waals surface area contributed by atoms with Crippen molar-refractivity contribution in [3.8, 4) is 5.75 Å². The summed E-state index contributed by atoms with van der Waals surface area (Å²) in [7, 11) is 0. The predicted molar refractivity (Wildman–Crippen MR) is 96.3 cm³/mol. The van der Waals surface area contributed by atoms with Crippen LogP contribution in [0.3, 0.4) is 0 Å². The van der Waals surface area contributed by atoms with E-state index in [0.29, 0.717) is 16.3 Å². The van der Waals surface area contributed by atoms with Gasteiger partial charge in [-0.25, -0.2) is 10.2 Å². The SMILES string of the molecule is NNC(=O)/C=C/c1ccc(OCc2ccc(F)cc2Cl)c(I)c1. The topological polar surface area (TPSA) is 64.3 Å². The van der Waals surface area contributed by atoms with E-state index in [0.717, 1.165) is 9.13 Å². The molecule has 0 heterocycles. The molecule has 120 valence electrons. The van der Waals surface area contributed by atoms with Gasteiger partial charge >= 0.3 is 0 Å². The number of nitrogens with one attached hydrogen (secondary N) is 1. The van der Waals surface area contributed by atoms with Crippen molar-refractivity contribution in [2.75, 3.05) is 0 Å². The van der Waals surface area contributed by atoms with Crippen LogP contribution in [-0.4, -0.2) is 5.91 Å². The molecule has 0 fully saturated rings. The number of rotatable bonds is 5. The van der Waals surface area contributed by atoms with Crippen molar-refractivity contribution in [2.24, 2.45) is 5.84 Å². The Balaban J connectivity index is 2.06. The van der Waals surface area contributed by atoms with Gasteiger partial charge in [0.2, 0.25) is 0 Å². The minimum absolute atomic E-state index is 0.236. The first-order chi connectivity index (χ1) is 11.0. The summed E-state index contributed by atoms with van der Waals surface area (Å²) in [4.78, 5) is 11.1. The van der Waals surface area contributed by atoms with Crippen LogP contribution in [-0.2, 0) is 11.4 Å². The molecule has 0 radical (unpaired) electrons. The lowest BCUT2D eigenvalue weighted by atomic mass is 10.2. The zero-order valence-corrected chi connectivity index (χ0v) is 14.8. The van der Waals surface area contributed by atoms with Crippen LogP contribution in [0.1, 0.15) is 11.1 Å². The van der Waals surface area contributed by atoms with Gasteiger partial charge in [-0.15, -0.1) is 0 Å². The van der Waals surface area contributed by atoms with E-state index in [-0.39, 0.29) is 18.3 Å². The average Bonchev–Trinajstić information content (AvgIpc) is 2.53. The highest BCUT2D eigenvalue weighted by Gasteiger charge is 2.06. The number of ether oxygens (including phenoxy) is 1. The van der Waals surface area contributed by atoms with Gasteiger partial charge in [-0.1, -0.05) is 23.7 Å². The Kier molecular flexibility index (Phi) is 6.37. The van der Waals surface area contributed by atoms with Crippen molar-refractivity contribution in [1.82, 2.24) is 5.43 Å². The number of hydrogen-bond acceptors (Lipinski definition) is 3. The standard InChI is InChI=1S/C16H13ClFIN2O2/c17-13-8-12(18)4-3-11(13)9-23-15-5-1-10(7-14(15)19)2-6-16(22)21-20/h1-8H,9,20H2,(H,21,22)/b6-2+. The van der Waals surface area contributed by atoms with Crippen LogP contribution < -0.4 is 16.0 Å². The van der Waals surface area contributed by atoms with Crippen molar-refractivity contribution in [3.05, 3.63) is 68.0 Å². The molecule has 0 aliphatic heterocycles. The molecule has 0 bridgehead atoms. The van der Waals surface area contributed by atoms with Crippen molar-refractivity contribution in [1.29, 1.82) is 0 Å². The van der Waals surface area contributed by atoms with E-state index in [4.69, 9.17) is 22.2 Å². The van der Waals surface area contributed by atoms with Crippen LogP contribution in [0, 0.1) is 9.39 Å². The molecule has 0 aromatic heterocycles. The molecule has 2 aromatic carbocycles. The molecule has 0 saturated heterocycles. The second-order valence-electron chi connectivity index (χ2n) is 4.56. The van der Waals surface area contributed by atoms with E-state index in [1.165, 1.54) is 18.2 Å². The number of nitrogens with two attached hydrogens (primary N) is 1. The molecule has 2 aromatic rings. The predicted octanol–water partition coefficient (Wildman–Crippen LogP) is 3.67. The van der Waals surface area contributed by atoms with Gasteiger partial charge in [-0.3, -0.25) is 10.2 Å². The second kappa shape index (κ2) is 8.28. The molecular weight excluding hydrogens is 434 g/mol. The van der Waals surface area contributed by atoms with Gasteiger partial charge in [-0.2, -0.15) is 0 Å².